The molecule has 1 aliphatic heterocycles. The van der Waals surface area contributed by atoms with Crippen molar-refractivity contribution in [2.45, 2.75) is 19.4 Å². The summed E-state index contributed by atoms with van der Waals surface area (Å²) in [7, 11) is 3.62. The van der Waals surface area contributed by atoms with Crippen LogP contribution in [0.4, 0.5) is 4.79 Å². The normalized spacial score (nSPS) is 17.0. The maximum Gasteiger partial charge on any atom is 0.319 e. The molecule has 0 N–H and O–H groups in total. The van der Waals surface area contributed by atoms with Crippen LogP contribution in [0.15, 0.2) is 36.4 Å². The van der Waals surface area contributed by atoms with Gasteiger partial charge in [0.05, 0.1) is 5.52 Å². The van der Waals surface area contributed by atoms with Gasteiger partial charge in [0.25, 0.3) is 0 Å². The molecule has 1 aromatic heterocycles. The van der Waals surface area contributed by atoms with Gasteiger partial charge in [0.1, 0.15) is 0 Å². The summed E-state index contributed by atoms with van der Waals surface area (Å²) < 4.78 is 0. The van der Waals surface area contributed by atoms with Crippen LogP contribution < -0.4 is 0 Å². The molecule has 1 saturated heterocycles. The predicted molar refractivity (Wildman–Crippen MR) is 97.1 cm³/mol. The molecule has 0 bridgehead atoms. The highest BCUT2D eigenvalue weighted by Crippen LogP contribution is 2.15. The van der Waals surface area contributed by atoms with Gasteiger partial charge in [-0.25, -0.2) is 4.79 Å². The number of fused-ring (bicyclic) bond motifs is 1. The van der Waals surface area contributed by atoms with Crippen LogP contribution in [0.5, 0.6) is 0 Å². The number of piperazine rings is 1. The minimum absolute atomic E-state index is 0.110. The second-order valence-corrected chi connectivity index (χ2v) is 6.75. The van der Waals surface area contributed by atoms with Crippen molar-refractivity contribution in [2.24, 2.45) is 0 Å². The Morgan fingerprint density at radius 2 is 1.83 bits per heavy atom. The number of carbonyl (C=O) groups excluding carboxylic acids is 1. The lowest BCUT2D eigenvalue weighted by molar-refractivity contribution is 0.102. The third-order valence-electron chi connectivity index (χ3n) is 4.75. The van der Waals surface area contributed by atoms with Gasteiger partial charge in [0.2, 0.25) is 0 Å². The quantitative estimate of drug-likeness (QED) is 0.870. The molecule has 1 unspecified atom stereocenters. The van der Waals surface area contributed by atoms with Crippen molar-refractivity contribution < 1.29 is 4.79 Å². The predicted octanol–water partition coefficient (Wildman–Crippen LogP) is 2.46. The van der Waals surface area contributed by atoms with E-state index in [9.17, 15) is 4.79 Å². The average Bonchev–Trinajstić information content (AvgIpc) is 2.61. The highest BCUT2D eigenvalue weighted by molar-refractivity contribution is 5.78. The number of amides is 2. The minimum atomic E-state index is 0.110. The van der Waals surface area contributed by atoms with Crippen LogP contribution in [0.2, 0.25) is 0 Å². The molecule has 0 saturated carbocycles. The Hall–Kier alpha value is -2.14. The van der Waals surface area contributed by atoms with E-state index in [0.29, 0.717) is 6.04 Å². The Morgan fingerprint density at radius 1 is 1.12 bits per heavy atom. The number of aromatic nitrogens is 1. The number of benzene rings is 1. The van der Waals surface area contributed by atoms with Gasteiger partial charge in [0.15, 0.2) is 0 Å². The van der Waals surface area contributed by atoms with E-state index in [-0.39, 0.29) is 6.03 Å². The van der Waals surface area contributed by atoms with Crippen molar-refractivity contribution in [1.82, 2.24) is 19.7 Å². The maximum absolute atomic E-state index is 12.0. The zero-order chi connectivity index (χ0) is 17.1. The van der Waals surface area contributed by atoms with E-state index in [1.54, 1.807) is 4.90 Å². The molecule has 5 nitrogen and oxygen atoms in total. The molecule has 2 amide bonds. The highest BCUT2D eigenvalue weighted by atomic mass is 16.2. The zero-order valence-electron chi connectivity index (χ0n) is 14.8. The van der Waals surface area contributed by atoms with Crippen molar-refractivity contribution in [1.29, 1.82) is 0 Å². The van der Waals surface area contributed by atoms with Crippen LogP contribution in [-0.4, -0.2) is 72.0 Å². The van der Waals surface area contributed by atoms with E-state index in [1.165, 1.54) is 5.39 Å². The van der Waals surface area contributed by atoms with Crippen LogP contribution in [0.1, 0.15) is 12.6 Å². The van der Waals surface area contributed by atoms with E-state index in [1.807, 2.05) is 31.1 Å². The van der Waals surface area contributed by atoms with Gasteiger partial charge in [-0.1, -0.05) is 24.3 Å². The Bertz CT molecular complexity index is 707. The van der Waals surface area contributed by atoms with Crippen LogP contribution in [0, 0.1) is 0 Å². The summed E-state index contributed by atoms with van der Waals surface area (Å²) in [5, 5.41) is 1.18. The monoisotopic (exact) mass is 326 g/mol. The summed E-state index contributed by atoms with van der Waals surface area (Å²) in [5.41, 5.74) is 2.19. The number of pyridine rings is 1. The molecule has 1 aromatic carbocycles. The number of rotatable bonds is 3. The van der Waals surface area contributed by atoms with Crippen LogP contribution >= 0.6 is 0 Å². The van der Waals surface area contributed by atoms with Gasteiger partial charge in [-0.2, -0.15) is 0 Å². The topological polar surface area (TPSA) is 39.7 Å². The summed E-state index contributed by atoms with van der Waals surface area (Å²) >= 11 is 0. The molecule has 3 rings (SSSR count). The minimum Gasteiger partial charge on any atom is -0.331 e. The molecule has 128 valence electrons. The highest BCUT2D eigenvalue weighted by Gasteiger charge is 2.25. The third kappa shape index (κ3) is 3.67. The Kier molecular flexibility index (Phi) is 5.00. The van der Waals surface area contributed by atoms with Crippen LogP contribution in [-0.2, 0) is 6.42 Å². The summed E-state index contributed by atoms with van der Waals surface area (Å²) in [6.07, 6.45) is 0.937. The standard InChI is InChI=1S/C19H26N4O/c1-15(22-10-12-23(13-11-22)19(24)21(2)3)14-17-9-8-16-6-4-5-7-18(16)20-17/h4-9,15H,10-14H2,1-3H3. The van der Waals surface area contributed by atoms with Crippen molar-refractivity contribution in [3.05, 3.63) is 42.1 Å². The second kappa shape index (κ2) is 7.18. The largest absolute Gasteiger partial charge is 0.331 e. The number of carbonyl (C=O) groups is 1. The van der Waals surface area contributed by atoms with Gasteiger partial charge in [-0.05, 0) is 19.1 Å². The van der Waals surface area contributed by atoms with E-state index in [0.717, 1.165) is 43.8 Å². The summed E-state index contributed by atoms with van der Waals surface area (Å²) in [6, 6.07) is 13.0. The summed E-state index contributed by atoms with van der Waals surface area (Å²) in [5.74, 6) is 0. The SMILES string of the molecule is CC(Cc1ccc2ccccc2n1)N1CCN(C(=O)N(C)C)CC1. The first-order chi connectivity index (χ1) is 11.5. The van der Waals surface area contributed by atoms with Gasteiger partial charge in [0, 0.05) is 63.8 Å². The first-order valence-electron chi connectivity index (χ1n) is 8.59. The van der Waals surface area contributed by atoms with E-state index in [4.69, 9.17) is 4.98 Å². The fourth-order valence-corrected chi connectivity index (χ4v) is 3.29. The number of nitrogens with zero attached hydrogens (tertiary/aromatic N) is 4. The van der Waals surface area contributed by atoms with E-state index < -0.39 is 0 Å². The van der Waals surface area contributed by atoms with Gasteiger partial charge in [-0.3, -0.25) is 9.88 Å². The molecule has 1 aliphatic rings. The molecule has 0 spiro atoms. The number of hydrogen-bond acceptors (Lipinski definition) is 3. The average molecular weight is 326 g/mol. The first kappa shape index (κ1) is 16.7. The van der Waals surface area contributed by atoms with Crippen LogP contribution in [0.25, 0.3) is 10.9 Å². The van der Waals surface area contributed by atoms with Crippen molar-refractivity contribution >= 4 is 16.9 Å². The number of hydrogen-bond donors (Lipinski definition) is 0. The maximum atomic E-state index is 12.0. The van der Waals surface area contributed by atoms with Gasteiger partial charge < -0.3 is 9.80 Å². The fraction of sp³-hybridized carbons (Fsp3) is 0.474. The second-order valence-electron chi connectivity index (χ2n) is 6.75. The molecule has 5 heteroatoms. The molecule has 2 aromatic rings. The third-order valence-corrected chi connectivity index (χ3v) is 4.75. The number of urea groups is 1. The molecule has 0 aliphatic carbocycles. The molecule has 1 fully saturated rings. The van der Waals surface area contributed by atoms with Crippen LogP contribution in [0.3, 0.4) is 0 Å². The smallest absolute Gasteiger partial charge is 0.319 e. The van der Waals surface area contributed by atoms with Crippen molar-refractivity contribution in [3.8, 4) is 0 Å². The Labute approximate surface area is 143 Å². The summed E-state index contributed by atoms with van der Waals surface area (Å²) in [6.45, 7) is 5.70. The van der Waals surface area contributed by atoms with Gasteiger partial charge >= 0.3 is 6.03 Å². The molecule has 2 heterocycles. The lowest BCUT2D eigenvalue weighted by Gasteiger charge is -2.38. The molecule has 1 atom stereocenters. The van der Waals surface area contributed by atoms with Crippen molar-refractivity contribution in [2.75, 3.05) is 40.3 Å². The number of para-hydroxylation sites is 1. The lowest BCUT2D eigenvalue weighted by atomic mass is 10.1. The Morgan fingerprint density at radius 3 is 2.54 bits per heavy atom. The lowest BCUT2D eigenvalue weighted by Crippen LogP contribution is -2.53. The van der Waals surface area contributed by atoms with E-state index in [2.05, 4.69) is 36.1 Å². The summed E-state index contributed by atoms with van der Waals surface area (Å²) in [4.78, 5) is 22.8. The molecule has 24 heavy (non-hydrogen) atoms. The molecule has 0 radical (unpaired) electrons. The fourth-order valence-electron chi connectivity index (χ4n) is 3.29. The molecular weight excluding hydrogens is 300 g/mol. The van der Waals surface area contributed by atoms with E-state index >= 15 is 0 Å². The van der Waals surface area contributed by atoms with Crippen molar-refractivity contribution in [3.63, 3.8) is 0 Å². The molecular formula is C19H26N4O. The first-order valence-corrected chi connectivity index (χ1v) is 8.59. The van der Waals surface area contributed by atoms with Gasteiger partial charge in [-0.15, -0.1) is 0 Å². The Balaban J connectivity index is 1.59. The zero-order valence-corrected chi connectivity index (χ0v) is 14.8.